The molecule has 0 aliphatic heterocycles. The van der Waals surface area contributed by atoms with Crippen molar-refractivity contribution in [2.24, 2.45) is 0 Å². The van der Waals surface area contributed by atoms with Crippen molar-refractivity contribution in [1.29, 1.82) is 0 Å². The summed E-state index contributed by atoms with van der Waals surface area (Å²) in [6.45, 7) is 0. The van der Waals surface area contributed by atoms with Gasteiger partial charge in [0, 0.05) is 27.3 Å². The molecule has 0 fully saturated rings. The average Bonchev–Trinajstić information content (AvgIpc) is 2.49. The molecule has 2 aromatic carbocycles. The lowest BCUT2D eigenvalue weighted by molar-refractivity contribution is 0.597. The highest BCUT2D eigenvalue weighted by atomic mass is 35.5. The maximum Gasteiger partial charge on any atom is 0.179 e. The highest BCUT2D eigenvalue weighted by molar-refractivity contribution is 7.93. The van der Waals surface area contributed by atoms with Crippen molar-refractivity contribution in [2.45, 2.75) is 10.6 Å². The van der Waals surface area contributed by atoms with E-state index in [0.29, 0.717) is 10.8 Å². The fourth-order valence-electron chi connectivity index (χ4n) is 1.79. The highest BCUT2D eigenvalue weighted by Gasteiger charge is 2.15. The van der Waals surface area contributed by atoms with E-state index in [9.17, 15) is 12.6 Å². The summed E-state index contributed by atoms with van der Waals surface area (Å²) in [5.41, 5.74) is 0.884. The first-order chi connectivity index (χ1) is 9.97. The van der Waals surface area contributed by atoms with E-state index in [2.05, 4.69) is 0 Å². The molecule has 6 heteroatoms. The SMILES string of the molecule is O=[S@](CCS(=O)(=O)c1ccccc1)Cc1ccc(Cl)cc1. The molecule has 0 amide bonds. The van der Waals surface area contributed by atoms with E-state index >= 15 is 0 Å². The van der Waals surface area contributed by atoms with Crippen LogP contribution < -0.4 is 0 Å². The molecule has 0 aliphatic carbocycles. The van der Waals surface area contributed by atoms with Gasteiger partial charge in [-0.1, -0.05) is 41.9 Å². The normalized spacial score (nSPS) is 13.0. The third-order valence-electron chi connectivity index (χ3n) is 2.92. The first-order valence-corrected chi connectivity index (χ1v) is 9.86. The van der Waals surface area contributed by atoms with E-state index in [0.717, 1.165) is 5.56 Å². The van der Waals surface area contributed by atoms with Crippen molar-refractivity contribution >= 4 is 32.2 Å². The Bertz CT molecular complexity index is 710. The maximum atomic E-state index is 12.1. The average molecular weight is 343 g/mol. The van der Waals surface area contributed by atoms with Gasteiger partial charge in [0.25, 0.3) is 0 Å². The Hall–Kier alpha value is -1.17. The maximum absolute atomic E-state index is 12.1. The molecule has 0 saturated carbocycles. The van der Waals surface area contributed by atoms with Crippen molar-refractivity contribution in [3.05, 3.63) is 65.2 Å². The second-order valence-corrected chi connectivity index (χ2v) is 8.67. The van der Waals surface area contributed by atoms with E-state index in [4.69, 9.17) is 11.6 Å². The van der Waals surface area contributed by atoms with Crippen LogP contribution in [0.4, 0.5) is 0 Å². The van der Waals surface area contributed by atoms with Crippen molar-refractivity contribution < 1.29 is 12.6 Å². The molecule has 1 atom stereocenters. The minimum atomic E-state index is -3.37. The van der Waals surface area contributed by atoms with Crippen LogP contribution in [0.1, 0.15) is 5.56 Å². The zero-order valence-corrected chi connectivity index (χ0v) is 13.6. The Balaban J connectivity index is 1.93. The molecule has 0 aliphatic rings. The lowest BCUT2D eigenvalue weighted by Crippen LogP contribution is -2.14. The van der Waals surface area contributed by atoms with E-state index < -0.39 is 20.6 Å². The molecule has 0 unspecified atom stereocenters. The topological polar surface area (TPSA) is 51.2 Å². The Morgan fingerprint density at radius 2 is 1.57 bits per heavy atom. The highest BCUT2D eigenvalue weighted by Crippen LogP contribution is 2.13. The van der Waals surface area contributed by atoms with Gasteiger partial charge in [0.2, 0.25) is 0 Å². The number of hydrogen-bond donors (Lipinski definition) is 0. The van der Waals surface area contributed by atoms with Crippen molar-refractivity contribution in [2.75, 3.05) is 11.5 Å². The molecule has 2 aromatic rings. The predicted octanol–water partition coefficient (Wildman–Crippen LogP) is 3.06. The summed E-state index contributed by atoms with van der Waals surface area (Å²) in [4.78, 5) is 0.272. The van der Waals surface area contributed by atoms with Crippen LogP contribution in [0.25, 0.3) is 0 Å². The first-order valence-electron chi connectivity index (χ1n) is 6.34. The fraction of sp³-hybridized carbons (Fsp3) is 0.200. The van der Waals surface area contributed by atoms with Gasteiger partial charge in [-0.05, 0) is 29.8 Å². The zero-order chi connectivity index (χ0) is 15.3. The van der Waals surface area contributed by atoms with Crippen molar-refractivity contribution in [3.63, 3.8) is 0 Å². The second kappa shape index (κ2) is 7.20. The second-order valence-electron chi connectivity index (χ2n) is 4.55. The molecular formula is C15H15ClO3S2. The Morgan fingerprint density at radius 1 is 0.952 bits per heavy atom. The molecule has 3 nitrogen and oxygen atoms in total. The van der Waals surface area contributed by atoms with Gasteiger partial charge in [-0.3, -0.25) is 4.21 Å². The first kappa shape index (κ1) is 16.2. The molecule has 112 valence electrons. The molecular weight excluding hydrogens is 328 g/mol. The van der Waals surface area contributed by atoms with Crippen LogP contribution in [0.3, 0.4) is 0 Å². The summed E-state index contributed by atoms with van der Waals surface area (Å²) >= 11 is 5.78. The summed E-state index contributed by atoms with van der Waals surface area (Å²) in [5, 5.41) is 0.621. The van der Waals surface area contributed by atoms with E-state index in [1.165, 1.54) is 0 Å². The van der Waals surface area contributed by atoms with Gasteiger partial charge >= 0.3 is 0 Å². The lowest BCUT2D eigenvalue weighted by Gasteiger charge is -2.05. The van der Waals surface area contributed by atoms with Crippen LogP contribution in [-0.4, -0.2) is 24.1 Å². The van der Waals surface area contributed by atoms with Crippen molar-refractivity contribution in [1.82, 2.24) is 0 Å². The summed E-state index contributed by atoms with van der Waals surface area (Å²) < 4.78 is 36.2. The molecule has 0 bridgehead atoms. The molecule has 0 radical (unpaired) electrons. The quantitative estimate of drug-likeness (QED) is 0.810. The molecule has 0 aromatic heterocycles. The summed E-state index contributed by atoms with van der Waals surface area (Å²) in [6.07, 6.45) is 0. The summed E-state index contributed by atoms with van der Waals surface area (Å²) in [5.74, 6) is 0.346. The van der Waals surface area contributed by atoms with Gasteiger partial charge in [0.15, 0.2) is 9.84 Å². The molecule has 0 spiro atoms. The Morgan fingerprint density at radius 3 is 2.19 bits per heavy atom. The van der Waals surface area contributed by atoms with Crippen molar-refractivity contribution in [3.8, 4) is 0 Å². The third kappa shape index (κ3) is 4.95. The number of benzene rings is 2. The van der Waals surface area contributed by atoms with Crippen LogP contribution >= 0.6 is 11.6 Å². The van der Waals surface area contributed by atoms with E-state index in [1.807, 2.05) is 0 Å². The predicted molar refractivity (Wildman–Crippen MR) is 86.7 cm³/mol. The minimum absolute atomic E-state index is 0.114. The van der Waals surface area contributed by atoms with E-state index in [1.54, 1.807) is 54.6 Å². The van der Waals surface area contributed by atoms with Gasteiger partial charge in [0.1, 0.15) is 0 Å². The monoisotopic (exact) mass is 342 g/mol. The van der Waals surface area contributed by atoms with Crippen LogP contribution in [0.15, 0.2) is 59.5 Å². The van der Waals surface area contributed by atoms with Gasteiger partial charge in [-0.25, -0.2) is 8.42 Å². The molecule has 0 saturated heterocycles. The van der Waals surface area contributed by atoms with Crippen LogP contribution in [0.2, 0.25) is 5.02 Å². The standard InChI is InChI=1S/C15H15ClO3S2/c16-14-8-6-13(7-9-14)12-20(17)10-11-21(18,19)15-4-2-1-3-5-15/h1-9H,10-12H2/t20-/m1/s1. The lowest BCUT2D eigenvalue weighted by atomic mass is 10.2. The molecule has 0 heterocycles. The zero-order valence-electron chi connectivity index (χ0n) is 11.2. The van der Waals surface area contributed by atoms with Crippen LogP contribution in [0.5, 0.6) is 0 Å². The number of halogens is 1. The Kier molecular flexibility index (Phi) is 5.56. The third-order valence-corrected chi connectivity index (χ3v) is 6.48. The van der Waals surface area contributed by atoms with E-state index in [-0.39, 0.29) is 16.4 Å². The van der Waals surface area contributed by atoms with Gasteiger partial charge in [-0.2, -0.15) is 0 Å². The fourth-order valence-corrected chi connectivity index (χ4v) is 5.05. The molecule has 21 heavy (non-hydrogen) atoms. The van der Waals surface area contributed by atoms with Crippen LogP contribution in [0, 0.1) is 0 Å². The van der Waals surface area contributed by atoms with Gasteiger partial charge < -0.3 is 0 Å². The molecule has 0 N–H and O–H groups in total. The largest absolute Gasteiger partial charge is 0.259 e. The number of rotatable bonds is 6. The van der Waals surface area contributed by atoms with Crippen LogP contribution in [-0.2, 0) is 26.4 Å². The smallest absolute Gasteiger partial charge is 0.179 e. The summed E-state index contributed by atoms with van der Waals surface area (Å²) in [6, 6.07) is 15.3. The Labute approximate surface area is 132 Å². The van der Waals surface area contributed by atoms with Gasteiger partial charge in [0.05, 0.1) is 10.6 Å². The van der Waals surface area contributed by atoms with Gasteiger partial charge in [-0.15, -0.1) is 0 Å². The minimum Gasteiger partial charge on any atom is -0.259 e. The summed E-state index contributed by atoms with van der Waals surface area (Å²) in [7, 11) is -4.59. The molecule has 2 rings (SSSR count). The number of hydrogen-bond acceptors (Lipinski definition) is 3. The number of sulfone groups is 1.